The van der Waals surface area contributed by atoms with E-state index in [0.29, 0.717) is 0 Å². The fraction of sp³-hybridized carbons (Fsp3) is 0.0909. The summed E-state index contributed by atoms with van der Waals surface area (Å²) in [7, 11) is -3.13. The van der Waals surface area contributed by atoms with E-state index in [1.54, 1.807) is 30.3 Å². The van der Waals surface area contributed by atoms with Crippen molar-refractivity contribution in [1.82, 2.24) is 19.1 Å². The molecule has 0 saturated carbocycles. The summed E-state index contributed by atoms with van der Waals surface area (Å²) in [6.45, 7) is -0.308. The van der Waals surface area contributed by atoms with E-state index in [1.165, 1.54) is 25.2 Å². The van der Waals surface area contributed by atoms with E-state index in [-0.39, 0.29) is 34.2 Å². The van der Waals surface area contributed by atoms with Crippen LogP contribution in [0.15, 0.2) is 70.4 Å². The number of rotatable bonds is 6. The number of para-hydroxylation sites is 1. The molecule has 4 aromatic rings. The summed E-state index contributed by atoms with van der Waals surface area (Å²) in [4.78, 5) is 11.9. The highest BCUT2D eigenvalue weighted by molar-refractivity contribution is 7.89. The highest BCUT2D eigenvalue weighted by atomic mass is 35.5. The van der Waals surface area contributed by atoms with Gasteiger partial charge < -0.3 is 10.2 Å². The van der Waals surface area contributed by atoms with Gasteiger partial charge in [-0.3, -0.25) is 0 Å². The van der Waals surface area contributed by atoms with Crippen LogP contribution in [0.3, 0.4) is 0 Å². The largest absolute Gasteiger partial charge is 0.507 e. The maximum absolute atomic E-state index is 14.0. The Labute approximate surface area is 198 Å². The third kappa shape index (κ3) is 4.16. The first kappa shape index (κ1) is 23.5. The van der Waals surface area contributed by atoms with Crippen molar-refractivity contribution >= 4 is 21.6 Å². The molecule has 4 rings (SSSR count). The lowest BCUT2D eigenvalue weighted by Crippen LogP contribution is -2.27. The molecule has 3 N–H and O–H groups in total. The second kappa shape index (κ2) is 8.93. The molecule has 12 heteroatoms. The minimum absolute atomic E-state index is 0.131. The Bertz CT molecular complexity index is 1550. The zero-order chi connectivity index (χ0) is 24.6. The zero-order valence-electron chi connectivity index (χ0n) is 17.6. The number of sulfonamides is 1. The van der Waals surface area contributed by atoms with Crippen LogP contribution in [-0.4, -0.2) is 44.7 Å². The van der Waals surface area contributed by atoms with Gasteiger partial charge in [0.15, 0.2) is 5.82 Å². The molecule has 1 heterocycles. The van der Waals surface area contributed by atoms with Gasteiger partial charge in [0.2, 0.25) is 10.0 Å². The summed E-state index contributed by atoms with van der Waals surface area (Å²) < 4.78 is 42.4. The number of nitrogens with zero attached hydrogens (tertiary/aromatic N) is 3. The molecule has 0 radical (unpaired) electrons. The van der Waals surface area contributed by atoms with Gasteiger partial charge in [-0.15, -0.1) is 0 Å². The second-order valence-corrected chi connectivity index (χ2v) is 9.75. The molecule has 0 atom stereocenters. The van der Waals surface area contributed by atoms with Crippen LogP contribution in [0, 0.1) is 5.82 Å². The lowest BCUT2D eigenvalue weighted by Gasteiger charge is -2.19. The SMILES string of the molecule is CN(Cc1ccccc1F)S(=O)(=O)c1cc(-c2n[nH]c(=O)n2-c2ccccc2Cl)c(O)cc1O. The molecule has 34 heavy (non-hydrogen) atoms. The predicted molar refractivity (Wildman–Crippen MR) is 123 cm³/mol. The monoisotopic (exact) mass is 504 g/mol. The number of hydrogen-bond acceptors (Lipinski definition) is 6. The number of aromatic amines is 1. The van der Waals surface area contributed by atoms with Crippen LogP contribution in [0.5, 0.6) is 11.5 Å². The molecule has 0 unspecified atom stereocenters. The number of phenolic OH excluding ortho intramolecular Hbond substituents is 2. The molecule has 0 amide bonds. The van der Waals surface area contributed by atoms with Gasteiger partial charge in [-0.05, 0) is 24.3 Å². The van der Waals surface area contributed by atoms with Crippen LogP contribution >= 0.6 is 11.6 Å². The summed E-state index contributed by atoms with van der Waals surface area (Å²) >= 11 is 6.21. The van der Waals surface area contributed by atoms with Crippen LogP contribution in [-0.2, 0) is 16.6 Å². The summed E-state index contributed by atoms with van der Waals surface area (Å²) in [5, 5.41) is 27.2. The molecular weight excluding hydrogens is 487 g/mol. The molecular formula is C22H18ClFN4O5S. The Morgan fingerprint density at radius 3 is 2.47 bits per heavy atom. The second-order valence-electron chi connectivity index (χ2n) is 7.33. The van der Waals surface area contributed by atoms with Crippen molar-refractivity contribution in [2.75, 3.05) is 7.05 Å². The van der Waals surface area contributed by atoms with Crippen LogP contribution < -0.4 is 5.69 Å². The molecule has 0 aliphatic rings. The van der Waals surface area contributed by atoms with Gasteiger partial charge >= 0.3 is 5.69 Å². The van der Waals surface area contributed by atoms with Gasteiger partial charge in [0.05, 0.1) is 16.3 Å². The molecule has 0 bridgehead atoms. The Balaban J connectivity index is 1.83. The lowest BCUT2D eigenvalue weighted by atomic mass is 10.1. The van der Waals surface area contributed by atoms with Crippen LogP contribution in [0.2, 0.25) is 5.02 Å². The van der Waals surface area contributed by atoms with E-state index < -0.39 is 37.9 Å². The summed E-state index contributed by atoms with van der Waals surface area (Å²) in [6.07, 6.45) is 0. The number of halogens is 2. The average Bonchev–Trinajstić information content (AvgIpc) is 3.16. The molecule has 0 aliphatic carbocycles. The molecule has 0 saturated heterocycles. The fourth-order valence-electron chi connectivity index (χ4n) is 3.40. The summed E-state index contributed by atoms with van der Waals surface area (Å²) in [5.74, 6) is -1.98. The smallest absolute Gasteiger partial charge is 0.348 e. The molecule has 3 aromatic carbocycles. The molecule has 0 fully saturated rings. The molecule has 176 valence electrons. The van der Waals surface area contributed by atoms with E-state index in [9.17, 15) is 27.8 Å². The molecule has 1 aromatic heterocycles. The summed E-state index contributed by atoms with van der Waals surface area (Å²) in [6, 6.07) is 13.9. The van der Waals surface area contributed by atoms with Crippen molar-refractivity contribution in [3.63, 3.8) is 0 Å². The standard InChI is InChI=1S/C22H18ClFN4O5S/c1-27(12-13-6-2-4-8-16(13)24)34(32,33)20-10-14(18(29)11-19(20)30)21-25-26-22(31)28(21)17-9-5-3-7-15(17)23/h2-11,29-30H,12H2,1H3,(H,26,31). The van der Waals surface area contributed by atoms with Gasteiger partial charge in [-0.2, -0.15) is 9.40 Å². The first-order valence-electron chi connectivity index (χ1n) is 9.79. The quantitative estimate of drug-likeness (QED) is 0.370. The summed E-state index contributed by atoms with van der Waals surface area (Å²) in [5.41, 5.74) is -0.469. The Hall–Kier alpha value is -3.67. The first-order chi connectivity index (χ1) is 16.1. The van der Waals surface area contributed by atoms with Gasteiger partial charge in [0.25, 0.3) is 0 Å². The van der Waals surface area contributed by atoms with Gasteiger partial charge in [0, 0.05) is 25.2 Å². The van der Waals surface area contributed by atoms with Gasteiger partial charge in [0.1, 0.15) is 22.2 Å². The number of hydrogen-bond donors (Lipinski definition) is 3. The Morgan fingerprint density at radius 1 is 1.09 bits per heavy atom. The van der Waals surface area contributed by atoms with E-state index in [2.05, 4.69) is 10.2 Å². The number of aromatic nitrogens is 3. The number of nitrogens with one attached hydrogen (secondary N) is 1. The van der Waals surface area contributed by atoms with Crippen LogP contribution in [0.1, 0.15) is 5.56 Å². The zero-order valence-corrected chi connectivity index (χ0v) is 19.2. The van der Waals surface area contributed by atoms with Crippen molar-refractivity contribution in [2.24, 2.45) is 0 Å². The van der Waals surface area contributed by atoms with Crippen molar-refractivity contribution in [3.8, 4) is 28.6 Å². The van der Waals surface area contributed by atoms with Gasteiger partial charge in [-0.1, -0.05) is 41.9 Å². The van der Waals surface area contributed by atoms with E-state index in [4.69, 9.17) is 11.6 Å². The Morgan fingerprint density at radius 2 is 1.76 bits per heavy atom. The van der Waals surface area contributed by atoms with Crippen molar-refractivity contribution < 1.29 is 23.0 Å². The fourth-order valence-corrected chi connectivity index (χ4v) is 4.85. The molecule has 0 aliphatic heterocycles. The maximum Gasteiger partial charge on any atom is 0.348 e. The van der Waals surface area contributed by atoms with Crippen LogP contribution in [0.25, 0.3) is 17.1 Å². The molecule has 9 nitrogen and oxygen atoms in total. The predicted octanol–water partition coefficient (Wildman–Crippen LogP) is 3.25. The number of aromatic hydroxyl groups is 2. The minimum Gasteiger partial charge on any atom is -0.507 e. The van der Waals surface area contributed by atoms with Crippen molar-refractivity contribution in [3.05, 3.63) is 87.6 Å². The normalized spacial score (nSPS) is 11.8. The first-order valence-corrected chi connectivity index (χ1v) is 11.6. The van der Waals surface area contributed by atoms with Crippen molar-refractivity contribution in [1.29, 1.82) is 0 Å². The molecule has 0 spiro atoms. The average molecular weight is 505 g/mol. The number of phenols is 2. The number of benzene rings is 3. The third-order valence-electron chi connectivity index (χ3n) is 5.12. The van der Waals surface area contributed by atoms with Crippen LogP contribution in [0.4, 0.5) is 4.39 Å². The minimum atomic E-state index is -4.36. The van der Waals surface area contributed by atoms with Crippen molar-refractivity contribution in [2.45, 2.75) is 11.4 Å². The van der Waals surface area contributed by atoms with E-state index in [0.717, 1.165) is 21.0 Å². The van der Waals surface area contributed by atoms with Gasteiger partial charge in [-0.25, -0.2) is 27.3 Å². The Kier molecular flexibility index (Phi) is 6.17. The number of H-pyrrole nitrogens is 1. The lowest BCUT2D eigenvalue weighted by molar-refractivity contribution is 0.427. The highest BCUT2D eigenvalue weighted by Crippen LogP contribution is 2.38. The maximum atomic E-state index is 14.0. The van der Waals surface area contributed by atoms with E-state index in [1.807, 2.05) is 0 Å². The highest BCUT2D eigenvalue weighted by Gasteiger charge is 2.28. The third-order valence-corrected chi connectivity index (χ3v) is 7.28. The van der Waals surface area contributed by atoms with E-state index >= 15 is 0 Å². The topological polar surface area (TPSA) is 129 Å².